The molecule has 0 heterocycles. The van der Waals surface area contributed by atoms with Crippen LogP contribution in [0.15, 0.2) is 34.9 Å². The van der Waals surface area contributed by atoms with Gasteiger partial charge in [-0.3, -0.25) is 0 Å². The predicted octanol–water partition coefficient (Wildman–Crippen LogP) is 4.54. The maximum Gasteiger partial charge on any atom is -0.0245 e. The van der Waals surface area contributed by atoms with Gasteiger partial charge in [-0.25, -0.2) is 0 Å². The zero-order valence-electron chi connectivity index (χ0n) is 9.18. The minimum atomic E-state index is 1.23. The van der Waals surface area contributed by atoms with Crippen LogP contribution in [0.5, 0.6) is 0 Å². The van der Waals surface area contributed by atoms with E-state index in [9.17, 15) is 0 Å². The fraction of sp³-hybridized carbons (Fsp3) is 0.571. The van der Waals surface area contributed by atoms with Gasteiger partial charge in [-0.1, -0.05) is 23.8 Å². The molecule has 0 saturated heterocycles. The van der Waals surface area contributed by atoms with Gasteiger partial charge in [-0.05, 0) is 63.0 Å². The van der Waals surface area contributed by atoms with Crippen LogP contribution in [0.25, 0.3) is 0 Å². The van der Waals surface area contributed by atoms with Crippen LogP contribution in [0.4, 0.5) is 0 Å². The van der Waals surface area contributed by atoms with Crippen molar-refractivity contribution in [3.05, 3.63) is 34.9 Å². The number of hydrogen-bond donors (Lipinski definition) is 0. The summed E-state index contributed by atoms with van der Waals surface area (Å²) >= 11 is 0. The fourth-order valence-corrected chi connectivity index (χ4v) is 2.53. The molecule has 0 radical (unpaired) electrons. The van der Waals surface area contributed by atoms with Crippen LogP contribution in [0.2, 0.25) is 0 Å². The first-order valence-corrected chi connectivity index (χ1v) is 5.91. The number of allylic oxidation sites excluding steroid dienone is 6. The molecule has 0 saturated carbocycles. The summed E-state index contributed by atoms with van der Waals surface area (Å²) in [6.45, 7) is 2.32. The van der Waals surface area contributed by atoms with Gasteiger partial charge in [0.1, 0.15) is 0 Å². The van der Waals surface area contributed by atoms with Crippen LogP contribution < -0.4 is 0 Å². The number of rotatable bonds is 1. The van der Waals surface area contributed by atoms with Crippen molar-refractivity contribution in [1.82, 2.24) is 0 Å². The van der Waals surface area contributed by atoms with Gasteiger partial charge in [-0.15, -0.1) is 0 Å². The third-order valence-electron chi connectivity index (χ3n) is 3.35. The SMILES string of the molecule is CC1=C(/C2=C/CC/C=C\CC2)CCC1. The lowest BCUT2D eigenvalue weighted by molar-refractivity contribution is 0.867. The smallest absolute Gasteiger partial charge is 0.0245 e. The number of hydrogen-bond acceptors (Lipinski definition) is 0. The van der Waals surface area contributed by atoms with Crippen molar-refractivity contribution in [2.45, 2.75) is 51.9 Å². The summed E-state index contributed by atoms with van der Waals surface area (Å²) in [5.41, 5.74) is 5.01. The summed E-state index contributed by atoms with van der Waals surface area (Å²) in [4.78, 5) is 0. The summed E-state index contributed by atoms with van der Waals surface area (Å²) in [6.07, 6.45) is 16.2. The molecule has 0 aromatic heterocycles. The molecular weight excluding hydrogens is 168 g/mol. The van der Waals surface area contributed by atoms with Gasteiger partial charge < -0.3 is 0 Å². The molecule has 0 heteroatoms. The van der Waals surface area contributed by atoms with E-state index in [1.54, 1.807) is 16.7 Å². The molecule has 2 rings (SSSR count). The fourth-order valence-electron chi connectivity index (χ4n) is 2.53. The molecule has 14 heavy (non-hydrogen) atoms. The van der Waals surface area contributed by atoms with Crippen molar-refractivity contribution in [1.29, 1.82) is 0 Å². The van der Waals surface area contributed by atoms with Gasteiger partial charge in [0.25, 0.3) is 0 Å². The summed E-state index contributed by atoms with van der Waals surface area (Å²) in [7, 11) is 0. The normalized spacial score (nSPS) is 29.4. The van der Waals surface area contributed by atoms with E-state index >= 15 is 0 Å². The van der Waals surface area contributed by atoms with Crippen LogP contribution in [0, 0.1) is 0 Å². The molecule has 76 valence electrons. The molecule has 0 aliphatic heterocycles. The van der Waals surface area contributed by atoms with Crippen molar-refractivity contribution >= 4 is 0 Å². The zero-order valence-corrected chi connectivity index (χ0v) is 9.18. The molecule has 0 spiro atoms. The second-order valence-corrected chi connectivity index (χ2v) is 4.43. The van der Waals surface area contributed by atoms with Crippen LogP contribution in [0.3, 0.4) is 0 Å². The average Bonchev–Trinajstić information content (AvgIpc) is 2.51. The van der Waals surface area contributed by atoms with Crippen molar-refractivity contribution in [3.8, 4) is 0 Å². The predicted molar refractivity (Wildman–Crippen MR) is 62.2 cm³/mol. The van der Waals surface area contributed by atoms with E-state index in [1.165, 1.54) is 44.9 Å². The van der Waals surface area contributed by atoms with E-state index in [1.807, 2.05) is 0 Å². The van der Waals surface area contributed by atoms with Crippen LogP contribution >= 0.6 is 0 Å². The first-order chi connectivity index (χ1) is 6.88. The Labute approximate surface area is 87.4 Å². The summed E-state index contributed by atoms with van der Waals surface area (Å²) < 4.78 is 0. The van der Waals surface area contributed by atoms with Gasteiger partial charge in [0.05, 0.1) is 0 Å². The molecule has 0 aromatic carbocycles. The van der Waals surface area contributed by atoms with Crippen molar-refractivity contribution in [3.63, 3.8) is 0 Å². The quantitative estimate of drug-likeness (QED) is 0.530. The zero-order chi connectivity index (χ0) is 9.80. The van der Waals surface area contributed by atoms with E-state index in [4.69, 9.17) is 0 Å². The highest BCUT2D eigenvalue weighted by Gasteiger charge is 2.14. The molecule has 0 bridgehead atoms. The standard InChI is InChI=1S/C14H20/c1-12-8-7-11-14(12)13-9-5-3-2-4-6-10-13/h2-3,10H,4-9,11H2,1H3/b3-2-,13-10+. The monoisotopic (exact) mass is 188 g/mol. The van der Waals surface area contributed by atoms with E-state index in [-0.39, 0.29) is 0 Å². The van der Waals surface area contributed by atoms with E-state index < -0.39 is 0 Å². The van der Waals surface area contributed by atoms with Gasteiger partial charge in [0.15, 0.2) is 0 Å². The van der Waals surface area contributed by atoms with Gasteiger partial charge >= 0.3 is 0 Å². The lowest BCUT2D eigenvalue weighted by Crippen LogP contribution is -1.91. The lowest BCUT2D eigenvalue weighted by Gasteiger charge is -2.11. The van der Waals surface area contributed by atoms with Crippen LogP contribution in [-0.2, 0) is 0 Å². The lowest BCUT2D eigenvalue weighted by atomic mass is 9.95. The third kappa shape index (κ3) is 2.17. The van der Waals surface area contributed by atoms with Gasteiger partial charge in [-0.2, -0.15) is 0 Å². The Kier molecular flexibility index (Phi) is 3.23. The minimum Gasteiger partial charge on any atom is -0.0882 e. The second-order valence-electron chi connectivity index (χ2n) is 4.43. The highest BCUT2D eigenvalue weighted by molar-refractivity contribution is 5.37. The molecule has 0 fully saturated rings. The maximum absolute atomic E-state index is 2.48. The van der Waals surface area contributed by atoms with Gasteiger partial charge in [0, 0.05) is 0 Å². The summed E-state index contributed by atoms with van der Waals surface area (Å²) in [5.74, 6) is 0. The topological polar surface area (TPSA) is 0 Å². The Hall–Kier alpha value is -0.780. The molecular formula is C14H20. The molecule has 2 aliphatic rings. The summed E-state index contributed by atoms with van der Waals surface area (Å²) in [5, 5.41) is 0. The summed E-state index contributed by atoms with van der Waals surface area (Å²) in [6, 6.07) is 0. The van der Waals surface area contributed by atoms with Crippen LogP contribution in [0.1, 0.15) is 51.9 Å². The first kappa shape index (κ1) is 9.76. The van der Waals surface area contributed by atoms with Crippen molar-refractivity contribution in [2.24, 2.45) is 0 Å². The van der Waals surface area contributed by atoms with Crippen LogP contribution in [-0.4, -0.2) is 0 Å². The second kappa shape index (κ2) is 4.63. The molecule has 0 unspecified atom stereocenters. The Morgan fingerprint density at radius 3 is 2.57 bits per heavy atom. The third-order valence-corrected chi connectivity index (χ3v) is 3.35. The Bertz CT molecular complexity index is 289. The average molecular weight is 188 g/mol. The molecule has 0 nitrogen and oxygen atoms in total. The van der Waals surface area contributed by atoms with Crippen molar-refractivity contribution < 1.29 is 0 Å². The van der Waals surface area contributed by atoms with E-state index in [2.05, 4.69) is 25.2 Å². The molecule has 0 N–H and O–H groups in total. The maximum atomic E-state index is 2.48. The van der Waals surface area contributed by atoms with Crippen molar-refractivity contribution in [2.75, 3.05) is 0 Å². The molecule has 0 amide bonds. The van der Waals surface area contributed by atoms with E-state index in [0.717, 1.165) is 0 Å². The Balaban J connectivity index is 2.12. The first-order valence-electron chi connectivity index (χ1n) is 5.91. The highest BCUT2D eigenvalue weighted by Crippen LogP contribution is 2.33. The molecule has 0 aromatic rings. The minimum absolute atomic E-state index is 1.23. The Morgan fingerprint density at radius 1 is 0.929 bits per heavy atom. The largest absolute Gasteiger partial charge is 0.0882 e. The molecule has 2 aliphatic carbocycles. The Morgan fingerprint density at radius 2 is 1.79 bits per heavy atom. The molecule has 0 atom stereocenters. The highest BCUT2D eigenvalue weighted by atomic mass is 14.2. The van der Waals surface area contributed by atoms with E-state index in [0.29, 0.717) is 0 Å². The van der Waals surface area contributed by atoms with Gasteiger partial charge in [0.2, 0.25) is 0 Å².